The molecule has 0 saturated heterocycles. The minimum absolute atomic E-state index is 0.268. The monoisotopic (exact) mass is 194 g/mol. The summed E-state index contributed by atoms with van der Waals surface area (Å²) in [6.45, 7) is 2.12. The van der Waals surface area contributed by atoms with Crippen molar-refractivity contribution < 1.29 is 9.50 Å². The minimum Gasteiger partial charge on any atom is -0.385 e. The first-order valence-electron chi connectivity index (χ1n) is 5.08. The molecule has 1 saturated carbocycles. The van der Waals surface area contributed by atoms with E-state index in [1.165, 1.54) is 12.1 Å². The molecule has 1 aromatic rings. The molecular formula is C12H15FO. The van der Waals surface area contributed by atoms with Crippen LogP contribution in [-0.2, 0) is 5.60 Å². The molecular weight excluding hydrogens is 179 g/mol. The zero-order chi connectivity index (χ0) is 10.2. The van der Waals surface area contributed by atoms with Gasteiger partial charge in [-0.25, -0.2) is 4.39 Å². The van der Waals surface area contributed by atoms with Gasteiger partial charge in [0.05, 0.1) is 5.60 Å². The molecule has 14 heavy (non-hydrogen) atoms. The van der Waals surface area contributed by atoms with Crippen LogP contribution in [-0.4, -0.2) is 5.11 Å². The lowest BCUT2D eigenvalue weighted by Crippen LogP contribution is -2.21. The Labute approximate surface area is 83.6 Å². The van der Waals surface area contributed by atoms with Crippen molar-refractivity contribution in [1.82, 2.24) is 0 Å². The van der Waals surface area contributed by atoms with Gasteiger partial charge in [0, 0.05) is 0 Å². The SMILES string of the molecule is C[C@@H]1CC[C@](O)(c2cccc(F)c2)C1. The van der Waals surface area contributed by atoms with Gasteiger partial charge in [-0.05, 0) is 42.9 Å². The average molecular weight is 194 g/mol. The predicted molar refractivity (Wildman–Crippen MR) is 53.3 cm³/mol. The highest BCUT2D eigenvalue weighted by Gasteiger charge is 2.36. The fraction of sp³-hybridized carbons (Fsp3) is 0.500. The van der Waals surface area contributed by atoms with E-state index in [1.54, 1.807) is 12.1 Å². The van der Waals surface area contributed by atoms with Crippen molar-refractivity contribution in [2.24, 2.45) is 5.92 Å². The molecule has 2 rings (SSSR count). The van der Waals surface area contributed by atoms with Crippen molar-refractivity contribution in [2.45, 2.75) is 31.8 Å². The molecule has 0 unspecified atom stereocenters. The van der Waals surface area contributed by atoms with Crippen LogP contribution in [0.1, 0.15) is 31.7 Å². The lowest BCUT2D eigenvalue weighted by atomic mass is 9.91. The topological polar surface area (TPSA) is 20.2 Å². The zero-order valence-electron chi connectivity index (χ0n) is 8.33. The van der Waals surface area contributed by atoms with Crippen LogP contribution < -0.4 is 0 Å². The first-order valence-corrected chi connectivity index (χ1v) is 5.08. The summed E-state index contributed by atoms with van der Waals surface area (Å²) in [6.07, 6.45) is 2.51. The second kappa shape index (κ2) is 3.35. The number of aliphatic hydroxyl groups is 1. The highest BCUT2D eigenvalue weighted by Crippen LogP contribution is 2.41. The number of benzene rings is 1. The van der Waals surface area contributed by atoms with Crippen molar-refractivity contribution in [2.75, 3.05) is 0 Å². The molecule has 1 aliphatic rings. The molecule has 0 aromatic heterocycles. The fourth-order valence-electron chi connectivity index (χ4n) is 2.31. The van der Waals surface area contributed by atoms with Crippen LogP contribution in [0, 0.1) is 11.7 Å². The molecule has 1 nitrogen and oxygen atoms in total. The highest BCUT2D eigenvalue weighted by atomic mass is 19.1. The number of rotatable bonds is 1. The molecule has 2 atom stereocenters. The van der Waals surface area contributed by atoms with Crippen molar-refractivity contribution in [1.29, 1.82) is 0 Å². The summed E-state index contributed by atoms with van der Waals surface area (Å²) in [5.41, 5.74) is -0.0662. The van der Waals surface area contributed by atoms with Crippen LogP contribution in [0.4, 0.5) is 4.39 Å². The smallest absolute Gasteiger partial charge is 0.123 e. The fourth-order valence-corrected chi connectivity index (χ4v) is 2.31. The standard InChI is InChI=1S/C12H15FO/c1-9-5-6-12(14,8-9)10-3-2-4-11(13)7-10/h2-4,7,9,14H,5-6,8H2,1H3/t9-,12-/m1/s1. The average Bonchev–Trinajstić information content (AvgIpc) is 2.48. The van der Waals surface area contributed by atoms with Gasteiger partial charge in [0.1, 0.15) is 5.82 Å². The van der Waals surface area contributed by atoms with E-state index in [1.807, 2.05) is 0 Å². The predicted octanol–water partition coefficient (Wildman–Crippen LogP) is 2.83. The molecule has 2 heteroatoms. The maximum absolute atomic E-state index is 13.0. The largest absolute Gasteiger partial charge is 0.385 e. The Morgan fingerprint density at radius 2 is 2.29 bits per heavy atom. The van der Waals surface area contributed by atoms with Gasteiger partial charge in [-0.2, -0.15) is 0 Å². The van der Waals surface area contributed by atoms with E-state index in [9.17, 15) is 9.50 Å². The third-order valence-corrected chi connectivity index (χ3v) is 3.10. The van der Waals surface area contributed by atoms with Gasteiger partial charge in [0.15, 0.2) is 0 Å². The van der Waals surface area contributed by atoms with Crippen molar-refractivity contribution >= 4 is 0 Å². The zero-order valence-corrected chi connectivity index (χ0v) is 8.33. The maximum Gasteiger partial charge on any atom is 0.123 e. The molecule has 0 amide bonds. The molecule has 1 aliphatic carbocycles. The Morgan fingerprint density at radius 1 is 1.50 bits per heavy atom. The summed E-state index contributed by atoms with van der Waals surface area (Å²) in [7, 11) is 0. The van der Waals surface area contributed by atoms with E-state index in [0.29, 0.717) is 5.92 Å². The van der Waals surface area contributed by atoms with Crippen molar-refractivity contribution in [3.63, 3.8) is 0 Å². The number of hydrogen-bond donors (Lipinski definition) is 1. The first kappa shape index (κ1) is 9.66. The third kappa shape index (κ3) is 1.67. The van der Waals surface area contributed by atoms with Crippen molar-refractivity contribution in [3.05, 3.63) is 35.6 Å². The van der Waals surface area contributed by atoms with E-state index >= 15 is 0 Å². The Kier molecular flexibility index (Phi) is 2.31. The Bertz CT molecular complexity index is 337. The van der Waals surface area contributed by atoms with E-state index in [0.717, 1.165) is 24.8 Å². The maximum atomic E-state index is 13.0. The van der Waals surface area contributed by atoms with Gasteiger partial charge < -0.3 is 5.11 Å². The molecule has 76 valence electrons. The van der Waals surface area contributed by atoms with Crippen LogP contribution in [0.2, 0.25) is 0 Å². The molecule has 1 N–H and O–H groups in total. The Morgan fingerprint density at radius 3 is 2.86 bits per heavy atom. The molecule has 0 aliphatic heterocycles. The molecule has 1 aromatic carbocycles. The lowest BCUT2D eigenvalue weighted by Gasteiger charge is -2.23. The van der Waals surface area contributed by atoms with E-state index in [4.69, 9.17) is 0 Å². The van der Waals surface area contributed by atoms with Crippen LogP contribution in [0.15, 0.2) is 24.3 Å². The summed E-state index contributed by atoms with van der Waals surface area (Å²) in [5, 5.41) is 10.3. The van der Waals surface area contributed by atoms with E-state index in [2.05, 4.69) is 6.92 Å². The van der Waals surface area contributed by atoms with Gasteiger partial charge in [-0.1, -0.05) is 19.1 Å². The second-order valence-electron chi connectivity index (χ2n) is 4.39. The number of hydrogen-bond acceptors (Lipinski definition) is 1. The van der Waals surface area contributed by atoms with Crippen LogP contribution in [0.25, 0.3) is 0 Å². The van der Waals surface area contributed by atoms with Crippen molar-refractivity contribution in [3.8, 4) is 0 Å². The van der Waals surface area contributed by atoms with E-state index in [-0.39, 0.29) is 5.82 Å². The van der Waals surface area contributed by atoms with E-state index < -0.39 is 5.60 Å². The van der Waals surface area contributed by atoms with Crippen LogP contribution in [0.3, 0.4) is 0 Å². The summed E-state index contributed by atoms with van der Waals surface area (Å²) in [6, 6.07) is 6.32. The van der Waals surface area contributed by atoms with Crippen LogP contribution in [0.5, 0.6) is 0 Å². The summed E-state index contributed by atoms with van der Waals surface area (Å²) in [4.78, 5) is 0. The number of halogens is 1. The Hall–Kier alpha value is -0.890. The molecule has 0 bridgehead atoms. The molecule has 0 radical (unpaired) electrons. The molecule has 0 spiro atoms. The van der Waals surface area contributed by atoms with Gasteiger partial charge in [-0.15, -0.1) is 0 Å². The van der Waals surface area contributed by atoms with Gasteiger partial charge in [-0.3, -0.25) is 0 Å². The molecule has 0 heterocycles. The first-order chi connectivity index (χ1) is 6.60. The van der Waals surface area contributed by atoms with Gasteiger partial charge >= 0.3 is 0 Å². The quantitative estimate of drug-likeness (QED) is 0.728. The summed E-state index contributed by atoms with van der Waals surface area (Å²) in [5.74, 6) is 0.263. The van der Waals surface area contributed by atoms with Gasteiger partial charge in [0.25, 0.3) is 0 Å². The normalized spacial score (nSPS) is 32.1. The Balaban J connectivity index is 2.30. The highest BCUT2D eigenvalue weighted by molar-refractivity contribution is 5.24. The lowest BCUT2D eigenvalue weighted by molar-refractivity contribution is 0.0405. The third-order valence-electron chi connectivity index (χ3n) is 3.10. The summed E-state index contributed by atoms with van der Waals surface area (Å²) >= 11 is 0. The van der Waals surface area contributed by atoms with Crippen LogP contribution >= 0.6 is 0 Å². The van der Waals surface area contributed by atoms with Gasteiger partial charge in [0.2, 0.25) is 0 Å². The second-order valence-corrected chi connectivity index (χ2v) is 4.39. The summed E-state index contributed by atoms with van der Waals surface area (Å²) < 4.78 is 13.0. The minimum atomic E-state index is -0.790. The molecule has 1 fully saturated rings.